The summed E-state index contributed by atoms with van der Waals surface area (Å²) >= 11 is 0. The molecule has 0 fully saturated rings. The van der Waals surface area contributed by atoms with Crippen molar-refractivity contribution in [2.24, 2.45) is 0 Å². The first kappa shape index (κ1) is 29.8. The summed E-state index contributed by atoms with van der Waals surface area (Å²) in [7, 11) is 0. The third-order valence-electron chi connectivity index (χ3n) is 4.12. The number of hydrogen-bond donors (Lipinski definition) is 2. The van der Waals surface area contributed by atoms with Gasteiger partial charge < -0.3 is 19.9 Å². The van der Waals surface area contributed by atoms with E-state index in [-0.39, 0.29) is 57.0 Å². The van der Waals surface area contributed by atoms with Gasteiger partial charge in [0.25, 0.3) is 0 Å². The summed E-state index contributed by atoms with van der Waals surface area (Å²) < 4.78 is 10.6. The number of unbranched alkanes of at least 4 members (excludes halogenated alkanes) is 3. The van der Waals surface area contributed by atoms with Crippen molar-refractivity contribution in [2.45, 2.75) is 84.7 Å². The highest BCUT2D eigenvalue weighted by molar-refractivity contribution is 5.80. The van der Waals surface area contributed by atoms with Crippen molar-refractivity contribution in [2.75, 3.05) is 32.9 Å². The number of carbonyl (C=O) groups is 4. The Morgan fingerprint density at radius 2 is 1.53 bits per heavy atom. The molecular weight excluding hydrogens is 420 g/mol. The molecule has 0 aromatic heterocycles. The van der Waals surface area contributed by atoms with Gasteiger partial charge in [-0.25, -0.2) is 5.06 Å². The van der Waals surface area contributed by atoms with Crippen LogP contribution in [-0.4, -0.2) is 72.4 Å². The van der Waals surface area contributed by atoms with Gasteiger partial charge in [-0.15, -0.1) is 0 Å². The molecule has 0 radical (unpaired) electrons. The number of amides is 2. The summed E-state index contributed by atoms with van der Waals surface area (Å²) in [5.74, 6) is -1.63. The van der Waals surface area contributed by atoms with Gasteiger partial charge in [-0.3, -0.25) is 24.0 Å². The first-order valence-corrected chi connectivity index (χ1v) is 11.3. The van der Waals surface area contributed by atoms with Crippen LogP contribution in [0.3, 0.4) is 0 Å². The lowest BCUT2D eigenvalue weighted by Crippen LogP contribution is -2.32. The van der Waals surface area contributed by atoms with Crippen LogP contribution in [0.4, 0.5) is 0 Å². The fourth-order valence-corrected chi connectivity index (χ4v) is 2.64. The largest absolute Gasteiger partial charge is 0.481 e. The third kappa shape index (κ3) is 18.6. The fourth-order valence-electron chi connectivity index (χ4n) is 2.64. The summed E-state index contributed by atoms with van der Waals surface area (Å²) in [6.07, 6.45) is 3.70. The molecule has 0 aliphatic rings. The highest BCUT2D eigenvalue weighted by Gasteiger charge is 2.16. The Labute approximate surface area is 190 Å². The lowest BCUT2D eigenvalue weighted by atomic mass is 10.1. The van der Waals surface area contributed by atoms with Crippen LogP contribution < -0.4 is 5.32 Å². The molecule has 0 aromatic carbocycles. The van der Waals surface area contributed by atoms with E-state index in [0.717, 1.165) is 25.7 Å². The number of hydroxylamine groups is 2. The summed E-state index contributed by atoms with van der Waals surface area (Å²) in [6, 6.07) is 0. The minimum Gasteiger partial charge on any atom is -0.481 e. The molecule has 0 aliphatic heterocycles. The van der Waals surface area contributed by atoms with E-state index >= 15 is 0 Å². The third-order valence-corrected chi connectivity index (χ3v) is 4.12. The van der Waals surface area contributed by atoms with Crippen LogP contribution in [0.1, 0.15) is 79.1 Å². The van der Waals surface area contributed by atoms with E-state index in [1.807, 2.05) is 27.7 Å². The van der Waals surface area contributed by atoms with E-state index in [1.165, 1.54) is 5.06 Å². The van der Waals surface area contributed by atoms with Crippen LogP contribution in [0, 0.1) is 0 Å². The minimum absolute atomic E-state index is 0.0598. The maximum absolute atomic E-state index is 12.2. The molecule has 0 saturated carbocycles. The molecular formula is C22H40N2O8. The van der Waals surface area contributed by atoms with Crippen LogP contribution in [-0.2, 0) is 33.5 Å². The fraction of sp³-hybridized carbons (Fsp3) is 0.818. The van der Waals surface area contributed by atoms with Gasteiger partial charge in [-0.2, -0.15) is 0 Å². The van der Waals surface area contributed by atoms with Gasteiger partial charge in [0.05, 0.1) is 26.2 Å². The second kappa shape index (κ2) is 17.4. The monoisotopic (exact) mass is 460 g/mol. The van der Waals surface area contributed by atoms with E-state index in [4.69, 9.17) is 19.4 Å². The SMILES string of the molecule is CCN(OCCOCCNC(=O)CCC(=O)O)C(=O)CCCCCCC(=O)OC(C)(C)C. The van der Waals surface area contributed by atoms with Crippen molar-refractivity contribution in [3.63, 3.8) is 0 Å². The molecule has 0 heterocycles. The minimum atomic E-state index is -1.01. The van der Waals surface area contributed by atoms with Gasteiger partial charge in [0, 0.05) is 32.4 Å². The molecule has 0 unspecified atom stereocenters. The standard InChI is InChI=1S/C22H40N2O8/c1-5-24(31-17-16-30-15-14-23-18(25)12-13-20(27)28)19(26)10-8-6-7-9-11-21(29)32-22(2,3)4/h5-17H2,1-4H3,(H,23,25)(H,27,28). The normalized spacial score (nSPS) is 11.1. The lowest BCUT2D eigenvalue weighted by Gasteiger charge is -2.20. The number of aliphatic carboxylic acids is 1. The van der Waals surface area contributed by atoms with E-state index in [9.17, 15) is 19.2 Å². The highest BCUT2D eigenvalue weighted by atomic mass is 16.7. The van der Waals surface area contributed by atoms with E-state index in [0.29, 0.717) is 19.4 Å². The van der Waals surface area contributed by atoms with Gasteiger partial charge in [-0.1, -0.05) is 12.8 Å². The van der Waals surface area contributed by atoms with Gasteiger partial charge in [0.1, 0.15) is 5.60 Å². The topological polar surface area (TPSA) is 131 Å². The Balaban J connectivity index is 3.73. The number of esters is 1. The second-order valence-corrected chi connectivity index (χ2v) is 8.28. The molecule has 0 rings (SSSR count). The number of hydrogen-bond acceptors (Lipinski definition) is 7. The molecule has 2 amide bonds. The predicted octanol–water partition coefficient (Wildman–Crippen LogP) is 2.45. The zero-order valence-corrected chi connectivity index (χ0v) is 19.9. The smallest absolute Gasteiger partial charge is 0.306 e. The van der Waals surface area contributed by atoms with Gasteiger partial charge in [0.2, 0.25) is 11.8 Å². The van der Waals surface area contributed by atoms with Crippen molar-refractivity contribution >= 4 is 23.8 Å². The van der Waals surface area contributed by atoms with Crippen LogP contribution in [0.25, 0.3) is 0 Å². The Hall–Kier alpha value is -2.20. The molecule has 186 valence electrons. The molecule has 0 aliphatic carbocycles. The first-order chi connectivity index (χ1) is 15.0. The summed E-state index contributed by atoms with van der Waals surface area (Å²) in [5.41, 5.74) is -0.461. The quantitative estimate of drug-likeness (QED) is 0.181. The Kier molecular flexibility index (Phi) is 16.2. The number of carboxylic acids is 1. The molecule has 0 spiro atoms. The second-order valence-electron chi connectivity index (χ2n) is 8.28. The summed E-state index contributed by atoms with van der Waals surface area (Å²) in [5, 5.41) is 12.4. The Bertz CT molecular complexity index is 575. The van der Waals surface area contributed by atoms with Gasteiger partial charge in [-0.05, 0) is 40.5 Å². The number of ether oxygens (including phenoxy) is 2. The predicted molar refractivity (Wildman–Crippen MR) is 118 cm³/mol. The summed E-state index contributed by atoms with van der Waals surface area (Å²) in [6.45, 7) is 8.81. The molecule has 10 heteroatoms. The maximum Gasteiger partial charge on any atom is 0.306 e. The van der Waals surface area contributed by atoms with E-state index in [2.05, 4.69) is 5.32 Å². The molecule has 32 heavy (non-hydrogen) atoms. The van der Waals surface area contributed by atoms with Crippen LogP contribution in [0.15, 0.2) is 0 Å². The molecule has 0 saturated heterocycles. The van der Waals surface area contributed by atoms with Gasteiger partial charge >= 0.3 is 11.9 Å². The lowest BCUT2D eigenvalue weighted by molar-refractivity contribution is -0.189. The summed E-state index contributed by atoms with van der Waals surface area (Å²) in [4.78, 5) is 51.0. The highest BCUT2D eigenvalue weighted by Crippen LogP contribution is 2.12. The molecule has 0 aromatic rings. The van der Waals surface area contributed by atoms with Crippen molar-refractivity contribution < 1.29 is 38.6 Å². The first-order valence-electron chi connectivity index (χ1n) is 11.3. The van der Waals surface area contributed by atoms with Crippen molar-refractivity contribution in [3.8, 4) is 0 Å². The number of rotatable bonds is 18. The molecule has 0 atom stereocenters. The molecule has 0 bridgehead atoms. The van der Waals surface area contributed by atoms with Crippen molar-refractivity contribution in [1.29, 1.82) is 0 Å². The average Bonchev–Trinajstić information content (AvgIpc) is 2.69. The number of carboxylic acid groups (broad SMARTS) is 1. The Morgan fingerprint density at radius 3 is 2.12 bits per heavy atom. The number of nitrogens with one attached hydrogen (secondary N) is 1. The number of carbonyl (C=O) groups excluding carboxylic acids is 3. The average molecular weight is 461 g/mol. The van der Waals surface area contributed by atoms with Gasteiger partial charge in [0.15, 0.2) is 0 Å². The van der Waals surface area contributed by atoms with Crippen LogP contribution in [0.2, 0.25) is 0 Å². The van der Waals surface area contributed by atoms with Crippen LogP contribution in [0.5, 0.6) is 0 Å². The van der Waals surface area contributed by atoms with Crippen molar-refractivity contribution in [3.05, 3.63) is 0 Å². The zero-order chi connectivity index (χ0) is 24.4. The van der Waals surface area contributed by atoms with Crippen molar-refractivity contribution in [1.82, 2.24) is 10.4 Å². The Morgan fingerprint density at radius 1 is 0.875 bits per heavy atom. The van der Waals surface area contributed by atoms with Crippen LogP contribution >= 0.6 is 0 Å². The number of nitrogens with zero attached hydrogens (tertiary/aromatic N) is 1. The maximum atomic E-state index is 12.2. The molecule has 2 N–H and O–H groups in total. The van der Waals surface area contributed by atoms with E-state index < -0.39 is 11.6 Å². The van der Waals surface area contributed by atoms with E-state index in [1.54, 1.807) is 0 Å². The zero-order valence-electron chi connectivity index (χ0n) is 19.9. The molecule has 10 nitrogen and oxygen atoms in total.